The number of hydrogen-bond donors (Lipinski definition) is 0. The smallest absolute Gasteiger partial charge is 0.230 e. The largest absolute Gasteiger partial charge is 0.379 e. The van der Waals surface area contributed by atoms with E-state index in [1.54, 1.807) is 4.90 Å². The fraction of sp³-hybridized carbons (Fsp3) is 0.769. The van der Waals surface area contributed by atoms with Crippen LogP contribution in [-0.4, -0.2) is 67.4 Å². The van der Waals surface area contributed by atoms with Gasteiger partial charge in [0.25, 0.3) is 0 Å². The van der Waals surface area contributed by atoms with Crippen LogP contribution in [-0.2, 0) is 14.3 Å². The van der Waals surface area contributed by atoms with Gasteiger partial charge in [0, 0.05) is 32.7 Å². The van der Waals surface area contributed by atoms with Gasteiger partial charge in [-0.25, -0.2) is 0 Å². The number of ether oxygens (including phenoxy) is 1. The topological polar surface area (TPSA) is 73.6 Å². The zero-order valence-corrected chi connectivity index (χ0v) is 11.4. The quantitative estimate of drug-likeness (QED) is 0.609. The number of ketones is 1. The minimum atomic E-state index is -0.184. The fourth-order valence-electron chi connectivity index (χ4n) is 1.96. The number of carbonyl (C=O) groups is 2. The van der Waals surface area contributed by atoms with Crippen molar-refractivity contribution in [3.05, 3.63) is 0 Å². The second-order valence-corrected chi connectivity index (χ2v) is 4.62. The van der Waals surface area contributed by atoms with E-state index < -0.39 is 0 Å². The van der Waals surface area contributed by atoms with Crippen LogP contribution in [0.3, 0.4) is 0 Å². The summed E-state index contributed by atoms with van der Waals surface area (Å²) in [6.45, 7) is 6.31. The summed E-state index contributed by atoms with van der Waals surface area (Å²) in [5, 5.41) is 8.61. The first kappa shape index (κ1) is 15.6. The van der Waals surface area contributed by atoms with Gasteiger partial charge in [0.1, 0.15) is 5.78 Å². The van der Waals surface area contributed by atoms with Gasteiger partial charge >= 0.3 is 0 Å². The van der Waals surface area contributed by atoms with E-state index in [4.69, 9.17) is 10.00 Å². The summed E-state index contributed by atoms with van der Waals surface area (Å²) in [4.78, 5) is 26.7. The highest BCUT2D eigenvalue weighted by molar-refractivity contribution is 5.96. The summed E-state index contributed by atoms with van der Waals surface area (Å²) in [5.41, 5.74) is 0. The molecule has 1 fully saturated rings. The first-order valence-electron chi connectivity index (χ1n) is 6.57. The number of carbonyl (C=O) groups excluding carboxylic acids is 2. The molecule has 0 aliphatic carbocycles. The summed E-state index contributed by atoms with van der Waals surface area (Å²) < 4.78 is 5.26. The minimum Gasteiger partial charge on any atom is -0.379 e. The van der Waals surface area contributed by atoms with Gasteiger partial charge in [0.05, 0.1) is 32.1 Å². The number of hydrogen-bond acceptors (Lipinski definition) is 5. The van der Waals surface area contributed by atoms with Crippen LogP contribution in [0.2, 0.25) is 0 Å². The normalized spacial score (nSPS) is 15.8. The lowest BCUT2D eigenvalue weighted by atomic mass is 10.2. The Bertz CT molecular complexity index is 346. The highest BCUT2D eigenvalue weighted by Crippen LogP contribution is 2.01. The molecule has 0 atom stereocenters. The molecule has 19 heavy (non-hydrogen) atoms. The summed E-state index contributed by atoms with van der Waals surface area (Å²) >= 11 is 0. The summed E-state index contributed by atoms with van der Waals surface area (Å²) in [6.07, 6.45) is 0.224. The molecule has 1 rings (SSSR count). The molecule has 1 amide bonds. The monoisotopic (exact) mass is 267 g/mol. The zero-order valence-electron chi connectivity index (χ0n) is 11.4. The van der Waals surface area contributed by atoms with Crippen LogP contribution in [0.5, 0.6) is 0 Å². The fourth-order valence-corrected chi connectivity index (χ4v) is 1.96. The molecule has 1 saturated heterocycles. The number of nitriles is 1. The van der Waals surface area contributed by atoms with Crippen LogP contribution in [0.1, 0.15) is 19.8 Å². The van der Waals surface area contributed by atoms with E-state index in [9.17, 15) is 9.59 Å². The van der Waals surface area contributed by atoms with E-state index in [2.05, 4.69) is 4.90 Å². The molecule has 6 nitrogen and oxygen atoms in total. The molecule has 0 saturated carbocycles. The van der Waals surface area contributed by atoms with Crippen molar-refractivity contribution < 1.29 is 14.3 Å². The maximum Gasteiger partial charge on any atom is 0.230 e. The van der Waals surface area contributed by atoms with Crippen molar-refractivity contribution in [1.82, 2.24) is 9.80 Å². The molecule has 0 N–H and O–H groups in total. The van der Waals surface area contributed by atoms with Gasteiger partial charge in [0.15, 0.2) is 0 Å². The SMILES string of the molecule is CC(=O)CC(=O)N(CCC#N)CCN1CCOCC1. The summed E-state index contributed by atoms with van der Waals surface area (Å²) in [7, 11) is 0. The van der Waals surface area contributed by atoms with Crippen molar-refractivity contribution in [2.24, 2.45) is 0 Å². The Hall–Kier alpha value is -1.45. The summed E-state index contributed by atoms with van der Waals surface area (Å²) in [5.74, 6) is -0.325. The third kappa shape index (κ3) is 6.32. The molecule has 6 heteroatoms. The maximum absolute atomic E-state index is 11.9. The molecule has 0 aromatic heterocycles. The van der Waals surface area contributed by atoms with E-state index in [1.807, 2.05) is 6.07 Å². The van der Waals surface area contributed by atoms with Crippen molar-refractivity contribution in [2.75, 3.05) is 45.9 Å². The first-order chi connectivity index (χ1) is 9.13. The molecule has 0 aromatic carbocycles. The molecule has 0 spiro atoms. The van der Waals surface area contributed by atoms with Crippen LogP contribution in [0.4, 0.5) is 0 Å². The lowest BCUT2D eigenvalue weighted by Gasteiger charge is -2.29. The van der Waals surface area contributed by atoms with Crippen LogP contribution in [0, 0.1) is 11.3 Å². The average molecular weight is 267 g/mol. The highest BCUT2D eigenvalue weighted by Gasteiger charge is 2.17. The Balaban J connectivity index is 2.41. The predicted molar refractivity (Wildman–Crippen MR) is 69.4 cm³/mol. The second-order valence-electron chi connectivity index (χ2n) is 4.62. The highest BCUT2D eigenvalue weighted by atomic mass is 16.5. The van der Waals surface area contributed by atoms with Crippen LogP contribution < -0.4 is 0 Å². The standard InChI is InChI=1S/C13H21N3O3/c1-12(17)11-13(18)16(4-2-3-14)6-5-15-7-9-19-10-8-15/h2,4-11H2,1H3. The molecule has 1 aliphatic heterocycles. The van der Waals surface area contributed by atoms with E-state index in [1.165, 1.54) is 6.92 Å². The van der Waals surface area contributed by atoms with E-state index >= 15 is 0 Å². The third-order valence-electron chi connectivity index (χ3n) is 3.04. The lowest BCUT2D eigenvalue weighted by molar-refractivity contribution is -0.135. The molecule has 106 valence electrons. The maximum atomic E-state index is 11.9. The number of morpholine rings is 1. The Morgan fingerprint density at radius 1 is 1.32 bits per heavy atom. The van der Waals surface area contributed by atoms with Crippen LogP contribution in [0.25, 0.3) is 0 Å². The van der Waals surface area contributed by atoms with Crippen molar-refractivity contribution in [1.29, 1.82) is 5.26 Å². The third-order valence-corrected chi connectivity index (χ3v) is 3.04. The van der Waals surface area contributed by atoms with Crippen molar-refractivity contribution >= 4 is 11.7 Å². The second kappa shape index (κ2) is 8.62. The van der Waals surface area contributed by atoms with E-state index in [-0.39, 0.29) is 18.1 Å². The molecule has 1 aliphatic rings. The molecule has 0 aromatic rings. The molecule has 1 heterocycles. The lowest BCUT2D eigenvalue weighted by Crippen LogP contribution is -2.43. The Kier molecular flexibility index (Phi) is 7.08. The van der Waals surface area contributed by atoms with Gasteiger partial charge < -0.3 is 9.64 Å². The van der Waals surface area contributed by atoms with Crippen LogP contribution in [0.15, 0.2) is 0 Å². The number of nitrogens with zero attached hydrogens (tertiary/aromatic N) is 3. The van der Waals surface area contributed by atoms with Crippen LogP contribution >= 0.6 is 0 Å². The number of rotatable bonds is 7. The first-order valence-corrected chi connectivity index (χ1v) is 6.57. The summed E-state index contributed by atoms with van der Waals surface area (Å²) in [6, 6.07) is 2.03. The van der Waals surface area contributed by atoms with Crippen molar-refractivity contribution in [3.63, 3.8) is 0 Å². The van der Waals surface area contributed by atoms with Gasteiger partial charge in [-0.05, 0) is 6.92 Å². The minimum absolute atomic E-state index is 0.0749. The van der Waals surface area contributed by atoms with Gasteiger partial charge in [-0.1, -0.05) is 0 Å². The van der Waals surface area contributed by atoms with E-state index in [0.717, 1.165) is 32.8 Å². The molecule has 0 bridgehead atoms. The Morgan fingerprint density at radius 2 is 2.00 bits per heavy atom. The molecule has 0 radical (unpaired) electrons. The molecule has 0 unspecified atom stereocenters. The number of Topliss-reactive ketones (excluding diaryl/α,β-unsaturated/α-hetero) is 1. The van der Waals surface area contributed by atoms with Gasteiger partial charge in [-0.15, -0.1) is 0 Å². The van der Waals surface area contributed by atoms with Crippen molar-refractivity contribution in [3.8, 4) is 6.07 Å². The Morgan fingerprint density at radius 3 is 2.58 bits per heavy atom. The number of amides is 1. The van der Waals surface area contributed by atoms with Gasteiger partial charge in [-0.3, -0.25) is 14.5 Å². The molecular formula is C13H21N3O3. The average Bonchev–Trinajstić information content (AvgIpc) is 2.39. The van der Waals surface area contributed by atoms with Gasteiger partial charge in [0.2, 0.25) is 5.91 Å². The van der Waals surface area contributed by atoms with E-state index in [0.29, 0.717) is 19.5 Å². The predicted octanol–water partition coefficient (Wildman–Crippen LogP) is 0.0400. The van der Waals surface area contributed by atoms with Crippen molar-refractivity contribution in [2.45, 2.75) is 19.8 Å². The van der Waals surface area contributed by atoms with Gasteiger partial charge in [-0.2, -0.15) is 5.26 Å². The zero-order chi connectivity index (χ0) is 14.1. The Labute approximate surface area is 113 Å². The molecular weight excluding hydrogens is 246 g/mol.